The third kappa shape index (κ3) is 2.18. The summed E-state index contributed by atoms with van der Waals surface area (Å²) in [4.78, 5) is 4.11. The molecular weight excluding hydrogens is 229 g/mol. The van der Waals surface area contributed by atoms with Gasteiger partial charge in [0.1, 0.15) is 10.4 Å². The Kier molecular flexibility index (Phi) is 4.07. The first-order chi connectivity index (χ1) is 4.63. The van der Waals surface area contributed by atoms with Crippen molar-refractivity contribution >= 4 is 28.3 Å². The highest BCUT2D eigenvalue weighted by atomic mass is 79.9. The van der Waals surface area contributed by atoms with Gasteiger partial charge < -0.3 is 10.3 Å². The smallest absolute Gasteiger partial charge is 0.125 e. The van der Waals surface area contributed by atoms with Crippen molar-refractivity contribution < 1.29 is 0 Å². The molecular formula is C6H11BrClN3. The van der Waals surface area contributed by atoms with Gasteiger partial charge in [-0.05, 0) is 22.9 Å². The second kappa shape index (κ2) is 4.09. The number of halogens is 2. The lowest BCUT2D eigenvalue weighted by Gasteiger charge is -2.04. The van der Waals surface area contributed by atoms with Gasteiger partial charge in [-0.3, -0.25) is 0 Å². The van der Waals surface area contributed by atoms with E-state index in [1.54, 1.807) is 6.20 Å². The third-order valence-electron chi connectivity index (χ3n) is 1.37. The zero-order valence-electron chi connectivity index (χ0n) is 6.41. The lowest BCUT2D eigenvalue weighted by Crippen LogP contribution is -2.11. The first-order valence-corrected chi connectivity index (χ1v) is 3.85. The van der Waals surface area contributed by atoms with E-state index in [0.29, 0.717) is 0 Å². The molecule has 1 aromatic heterocycles. The fraction of sp³-hybridized carbons (Fsp3) is 0.500. The summed E-state index contributed by atoms with van der Waals surface area (Å²) in [5, 5.41) is 0. The Morgan fingerprint density at radius 1 is 1.73 bits per heavy atom. The van der Waals surface area contributed by atoms with Crippen LogP contribution in [0.2, 0.25) is 0 Å². The molecule has 0 fully saturated rings. The average molecular weight is 241 g/mol. The zero-order chi connectivity index (χ0) is 7.72. The topological polar surface area (TPSA) is 43.8 Å². The fourth-order valence-corrected chi connectivity index (χ4v) is 1.11. The van der Waals surface area contributed by atoms with Gasteiger partial charge in [0.05, 0.1) is 12.2 Å². The molecule has 0 aliphatic carbocycles. The van der Waals surface area contributed by atoms with Crippen LogP contribution in [0.5, 0.6) is 0 Å². The Labute approximate surface area is 80.5 Å². The number of hydrogen-bond donors (Lipinski definition) is 1. The molecule has 5 heteroatoms. The minimum absolute atomic E-state index is 0. The monoisotopic (exact) mass is 239 g/mol. The molecule has 1 unspecified atom stereocenters. The van der Waals surface area contributed by atoms with Gasteiger partial charge in [0.25, 0.3) is 0 Å². The van der Waals surface area contributed by atoms with E-state index in [0.717, 1.165) is 10.4 Å². The summed E-state index contributed by atoms with van der Waals surface area (Å²) in [6.45, 7) is 1.91. The van der Waals surface area contributed by atoms with Crippen molar-refractivity contribution in [3.8, 4) is 0 Å². The fourth-order valence-electron chi connectivity index (χ4n) is 0.825. The number of imidazole rings is 1. The molecule has 2 N–H and O–H groups in total. The summed E-state index contributed by atoms with van der Waals surface area (Å²) in [5.74, 6) is 0.895. The molecule has 0 spiro atoms. The Bertz CT molecular complexity index is 234. The average Bonchev–Trinajstić information content (AvgIpc) is 2.14. The van der Waals surface area contributed by atoms with E-state index in [1.165, 1.54) is 0 Å². The van der Waals surface area contributed by atoms with Crippen LogP contribution in [0, 0.1) is 0 Å². The van der Waals surface area contributed by atoms with Gasteiger partial charge in [0, 0.05) is 7.05 Å². The van der Waals surface area contributed by atoms with Crippen LogP contribution in [0.3, 0.4) is 0 Å². The molecule has 1 atom stereocenters. The van der Waals surface area contributed by atoms with Crippen molar-refractivity contribution in [2.45, 2.75) is 13.0 Å². The maximum absolute atomic E-state index is 5.62. The van der Waals surface area contributed by atoms with Crippen molar-refractivity contribution in [3.63, 3.8) is 0 Å². The minimum atomic E-state index is -0.00343. The van der Waals surface area contributed by atoms with Crippen molar-refractivity contribution in [3.05, 3.63) is 16.6 Å². The van der Waals surface area contributed by atoms with E-state index in [2.05, 4.69) is 20.9 Å². The summed E-state index contributed by atoms with van der Waals surface area (Å²) in [6, 6.07) is -0.00343. The van der Waals surface area contributed by atoms with Crippen LogP contribution >= 0.6 is 28.3 Å². The molecule has 0 bridgehead atoms. The molecule has 0 aliphatic rings. The van der Waals surface area contributed by atoms with E-state index in [-0.39, 0.29) is 18.4 Å². The number of rotatable bonds is 1. The Balaban J connectivity index is 0.000001000. The van der Waals surface area contributed by atoms with Crippen LogP contribution in [-0.4, -0.2) is 9.55 Å². The maximum atomic E-state index is 5.62. The minimum Gasteiger partial charge on any atom is -0.325 e. The van der Waals surface area contributed by atoms with E-state index in [9.17, 15) is 0 Å². The maximum Gasteiger partial charge on any atom is 0.125 e. The van der Waals surface area contributed by atoms with Crippen LogP contribution in [0.1, 0.15) is 18.8 Å². The van der Waals surface area contributed by atoms with E-state index < -0.39 is 0 Å². The number of nitrogens with zero attached hydrogens (tertiary/aromatic N) is 2. The number of nitrogens with two attached hydrogens (primary N) is 1. The largest absolute Gasteiger partial charge is 0.325 e. The van der Waals surface area contributed by atoms with Gasteiger partial charge in [-0.2, -0.15) is 0 Å². The highest BCUT2D eigenvalue weighted by Gasteiger charge is 2.06. The first-order valence-electron chi connectivity index (χ1n) is 3.05. The summed E-state index contributed by atoms with van der Waals surface area (Å²) in [6.07, 6.45) is 1.75. The lowest BCUT2D eigenvalue weighted by atomic mass is 10.3. The van der Waals surface area contributed by atoms with Crippen LogP contribution in [0.25, 0.3) is 0 Å². The lowest BCUT2D eigenvalue weighted by molar-refractivity contribution is 0.681. The summed E-state index contributed by atoms with van der Waals surface area (Å²) in [5.41, 5.74) is 5.62. The standard InChI is InChI=1S/C6H10BrN3.ClH/c1-4(8)6-9-3-5(7)10(6)2;/h3-4H,8H2,1-2H3;1H. The normalized spacial score (nSPS) is 12.4. The van der Waals surface area contributed by atoms with Gasteiger partial charge in [0.2, 0.25) is 0 Å². The second-order valence-corrected chi connectivity index (χ2v) is 3.10. The van der Waals surface area contributed by atoms with E-state index in [4.69, 9.17) is 5.73 Å². The predicted molar refractivity (Wildman–Crippen MR) is 50.8 cm³/mol. The van der Waals surface area contributed by atoms with Crippen LogP contribution in [0.4, 0.5) is 0 Å². The molecule has 3 nitrogen and oxygen atoms in total. The van der Waals surface area contributed by atoms with E-state index in [1.807, 2.05) is 18.5 Å². The highest BCUT2D eigenvalue weighted by Crippen LogP contribution is 2.13. The molecule has 0 amide bonds. The van der Waals surface area contributed by atoms with Crippen LogP contribution < -0.4 is 5.73 Å². The van der Waals surface area contributed by atoms with Crippen molar-refractivity contribution in [2.24, 2.45) is 12.8 Å². The van der Waals surface area contributed by atoms with Crippen molar-refractivity contribution in [1.82, 2.24) is 9.55 Å². The molecule has 64 valence electrons. The van der Waals surface area contributed by atoms with Gasteiger partial charge in [0.15, 0.2) is 0 Å². The molecule has 0 saturated carbocycles. The van der Waals surface area contributed by atoms with Crippen LogP contribution in [0.15, 0.2) is 10.8 Å². The third-order valence-corrected chi connectivity index (χ3v) is 2.11. The Morgan fingerprint density at radius 3 is 2.45 bits per heavy atom. The summed E-state index contributed by atoms with van der Waals surface area (Å²) >= 11 is 3.33. The Morgan fingerprint density at radius 2 is 2.27 bits per heavy atom. The second-order valence-electron chi connectivity index (χ2n) is 2.29. The van der Waals surface area contributed by atoms with Crippen molar-refractivity contribution in [1.29, 1.82) is 0 Å². The van der Waals surface area contributed by atoms with Gasteiger partial charge in [-0.1, -0.05) is 0 Å². The van der Waals surface area contributed by atoms with Crippen molar-refractivity contribution in [2.75, 3.05) is 0 Å². The molecule has 0 radical (unpaired) electrons. The van der Waals surface area contributed by atoms with Gasteiger partial charge in [-0.25, -0.2) is 4.98 Å². The SMILES string of the molecule is CC(N)c1ncc(Br)n1C.Cl. The van der Waals surface area contributed by atoms with Gasteiger partial charge in [-0.15, -0.1) is 12.4 Å². The van der Waals surface area contributed by atoms with E-state index >= 15 is 0 Å². The Hall–Kier alpha value is -0.0600. The van der Waals surface area contributed by atoms with Crippen LogP contribution in [-0.2, 0) is 7.05 Å². The molecule has 0 aromatic carbocycles. The molecule has 1 rings (SSSR count). The molecule has 1 aromatic rings. The summed E-state index contributed by atoms with van der Waals surface area (Å²) in [7, 11) is 1.93. The molecule has 0 aliphatic heterocycles. The molecule has 1 heterocycles. The molecule has 0 saturated heterocycles. The highest BCUT2D eigenvalue weighted by molar-refractivity contribution is 9.10. The number of aromatic nitrogens is 2. The van der Waals surface area contributed by atoms with Gasteiger partial charge >= 0.3 is 0 Å². The number of hydrogen-bond acceptors (Lipinski definition) is 2. The summed E-state index contributed by atoms with van der Waals surface area (Å²) < 4.78 is 2.88. The molecule has 11 heavy (non-hydrogen) atoms. The predicted octanol–water partition coefficient (Wildman–Crippen LogP) is 1.62. The quantitative estimate of drug-likeness (QED) is 0.811. The zero-order valence-corrected chi connectivity index (χ0v) is 8.82. The first kappa shape index (κ1) is 10.9.